The highest BCUT2D eigenvalue weighted by Crippen LogP contribution is 2.44. The summed E-state index contributed by atoms with van der Waals surface area (Å²) < 4.78 is 5.70. The van der Waals surface area contributed by atoms with Crippen molar-refractivity contribution in [2.75, 3.05) is 0 Å². The fraction of sp³-hybridized carbons (Fsp3) is 0.261. The molecule has 0 radical (unpaired) electrons. The Morgan fingerprint density at radius 3 is 2.07 bits per heavy atom. The molecule has 0 spiro atoms. The average molecular weight is 408 g/mol. The molecule has 0 saturated carbocycles. The van der Waals surface area contributed by atoms with Crippen molar-refractivity contribution in [2.45, 2.75) is 38.5 Å². The number of alkyl carbamates (subject to hydrolysis) is 1. The molecule has 2 atom stereocenters. The number of rotatable bonds is 7. The van der Waals surface area contributed by atoms with Crippen LogP contribution in [0.4, 0.5) is 4.79 Å². The van der Waals surface area contributed by atoms with Crippen molar-refractivity contribution in [3.63, 3.8) is 0 Å². The number of carboxylic acids is 1. The molecule has 1 aliphatic carbocycles. The minimum absolute atomic E-state index is 0.158. The summed E-state index contributed by atoms with van der Waals surface area (Å²) in [6, 6.07) is 13.3. The summed E-state index contributed by atoms with van der Waals surface area (Å²) in [4.78, 5) is 36.2. The Labute approximate surface area is 174 Å². The molecule has 1 aliphatic rings. The molecule has 2 aromatic rings. The second kappa shape index (κ2) is 8.82. The molecule has 0 bridgehead atoms. The van der Waals surface area contributed by atoms with Crippen LogP contribution >= 0.6 is 0 Å². The van der Waals surface area contributed by atoms with E-state index >= 15 is 0 Å². The van der Waals surface area contributed by atoms with Crippen LogP contribution < -0.4 is 10.6 Å². The van der Waals surface area contributed by atoms with Gasteiger partial charge in [0.15, 0.2) is 6.10 Å². The van der Waals surface area contributed by atoms with E-state index in [-0.39, 0.29) is 6.42 Å². The molecule has 30 heavy (non-hydrogen) atoms. The van der Waals surface area contributed by atoms with E-state index in [1.807, 2.05) is 48.5 Å². The number of hydrogen-bond acceptors (Lipinski definition) is 4. The predicted octanol–water partition coefficient (Wildman–Crippen LogP) is 3.41. The second-order valence-electron chi connectivity index (χ2n) is 7.39. The number of aliphatic carboxylic acids is 1. The van der Waals surface area contributed by atoms with Crippen LogP contribution in [0.2, 0.25) is 0 Å². The Kier molecular flexibility index (Phi) is 6.20. The third kappa shape index (κ3) is 4.51. The SMILES string of the molecule is C=C(C)C[C@H](NC(=O)OC1c2ccccc2-c2ccccc21)C(=O)N[C@@H](C)C(=O)O. The van der Waals surface area contributed by atoms with Crippen molar-refractivity contribution < 1.29 is 24.2 Å². The first-order valence-electron chi connectivity index (χ1n) is 9.61. The van der Waals surface area contributed by atoms with Crippen molar-refractivity contribution in [3.8, 4) is 11.1 Å². The quantitative estimate of drug-likeness (QED) is 0.609. The van der Waals surface area contributed by atoms with Gasteiger partial charge >= 0.3 is 12.1 Å². The van der Waals surface area contributed by atoms with Gasteiger partial charge in [-0.25, -0.2) is 4.79 Å². The van der Waals surface area contributed by atoms with E-state index in [1.165, 1.54) is 6.92 Å². The van der Waals surface area contributed by atoms with Crippen LogP contribution in [0.15, 0.2) is 60.7 Å². The monoisotopic (exact) mass is 408 g/mol. The molecule has 0 aliphatic heterocycles. The van der Waals surface area contributed by atoms with Gasteiger partial charge in [-0.05, 0) is 31.4 Å². The average Bonchev–Trinajstić information content (AvgIpc) is 3.01. The molecule has 7 heteroatoms. The Hall–Kier alpha value is -3.61. The maximum absolute atomic E-state index is 12.7. The molecular weight excluding hydrogens is 384 g/mol. The Morgan fingerprint density at radius 2 is 1.57 bits per heavy atom. The van der Waals surface area contributed by atoms with Crippen molar-refractivity contribution in [2.24, 2.45) is 0 Å². The Bertz CT molecular complexity index is 955. The first kappa shape index (κ1) is 21.1. The maximum atomic E-state index is 12.7. The summed E-state index contributed by atoms with van der Waals surface area (Å²) >= 11 is 0. The van der Waals surface area contributed by atoms with E-state index in [1.54, 1.807) is 6.92 Å². The molecule has 0 aromatic heterocycles. The zero-order valence-corrected chi connectivity index (χ0v) is 16.8. The number of ether oxygens (including phenoxy) is 1. The molecule has 3 N–H and O–H groups in total. The van der Waals surface area contributed by atoms with Gasteiger partial charge in [0.25, 0.3) is 0 Å². The number of fused-ring (bicyclic) bond motifs is 3. The van der Waals surface area contributed by atoms with E-state index in [9.17, 15) is 14.4 Å². The number of carbonyl (C=O) groups is 3. The van der Waals surface area contributed by atoms with Crippen molar-refractivity contribution >= 4 is 18.0 Å². The normalized spacial score (nSPS) is 14.1. The molecule has 0 fully saturated rings. The molecular formula is C23H24N2O5. The number of nitrogens with one attached hydrogen (secondary N) is 2. The van der Waals surface area contributed by atoms with Gasteiger partial charge in [0, 0.05) is 11.1 Å². The fourth-order valence-corrected chi connectivity index (χ4v) is 3.45. The summed E-state index contributed by atoms with van der Waals surface area (Å²) in [5.74, 6) is -1.78. The van der Waals surface area contributed by atoms with Gasteiger partial charge in [0.1, 0.15) is 12.1 Å². The molecule has 2 amide bonds. The Morgan fingerprint density at radius 1 is 1.03 bits per heavy atom. The summed E-state index contributed by atoms with van der Waals surface area (Å²) in [6.45, 7) is 6.84. The molecule has 0 heterocycles. The number of amides is 2. The molecule has 2 aromatic carbocycles. The fourth-order valence-electron chi connectivity index (χ4n) is 3.45. The summed E-state index contributed by atoms with van der Waals surface area (Å²) in [5, 5.41) is 13.9. The third-order valence-corrected chi connectivity index (χ3v) is 4.89. The third-order valence-electron chi connectivity index (χ3n) is 4.89. The summed E-state index contributed by atoms with van der Waals surface area (Å²) in [7, 11) is 0. The highest BCUT2D eigenvalue weighted by molar-refractivity contribution is 5.89. The van der Waals surface area contributed by atoms with Crippen LogP contribution in [0.3, 0.4) is 0 Å². The smallest absolute Gasteiger partial charge is 0.408 e. The van der Waals surface area contributed by atoms with Gasteiger partial charge in [0.2, 0.25) is 5.91 Å². The number of hydrogen-bond donors (Lipinski definition) is 3. The minimum atomic E-state index is -1.17. The molecule has 3 rings (SSSR count). The van der Waals surface area contributed by atoms with Crippen LogP contribution in [-0.2, 0) is 14.3 Å². The van der Waals surface area contributed by atoms with E-state index in [0.29, 0.717) is 5.57 Å². The van der Waals surface area contributed by atoms with Crippen molar-refractivity contribution in [1.29, 1.82) is 0 Å². The largest absolute Gasteiger partial charge is 0.480 e. The lowest BCUT2D eigenvalue weighted by Crippen LogP contribution is -2.51. The Balaban J connectivity index is 1.76. The van der Waals surface area contributed by atoms with Crippen LogP contribution in [-0.4, -0.2) is 35.2 Å². The van der Waals surface area contributed by atoms with E-state index in [2.05, 4.69) is 17.2 Å². The highest BCUT2D eigenvalue weighted by atomic mass is 16.6. The van der Waals surface area contributed by atoms with Crippen LogP contribution in [0.5, 0.6) is 0 Å². The molecule has 0 saturated heterocycles. The lowest BCUT2D eigenvalue weighted by Gasteiger charge is -2.22. The van der Waals surface area contributed by atoms with Crippen molar-refractivity contribution in [3.05, 3.63) is 71.8 Å². The topological polar surface area (TPSA) is 105 Å². The van der Waals surface area contributed by atoms with Crippen LogP contribution in [0, 0.1) is 0 Å². The maximum Gasteiger partial charge on any atom is 0.408 e. The van der Waals surface area contributed by atoms with Crippen LogP contribution in [0.1, 0.15) is 37.5 Å². The van der Waals surface area contributed by atoms with Gasteiger partial charge in [-0.2, -0.15) is 0 Å². The standard InChI is InChI=1S/C23H24N2O5/c1-13(2)12-19(21(26)24-14(3)22(27)28)25-23(29)30-20-17-10-6-4-8-15(17)16-9-5-7-11-18(16)20/h4-11,14,19-20H,1,12H2,2-3H3,(H,24,26)(H,25,29)(H,27,28)/t14-,19-/m0/s1. The lowest BCUT2D eigenvalue weighted by atomic mass is 10.1. The molecule has 7 nitrogen and oxygen atoms in total. The minimum Gasteiger partial charge on any atom is -0.480 e. The predicted molar refractivity (Wildman–Crippen MR) is 112 cm³/mol. The van der Waals surface area contributed by atoms with Gasteiger partial charge in [-0.3, -0.25) is 9.59 Å². The van der Waals surface area contributed by atoms with E-state index < -0.39 is 36.2 Å². The van der Waals surface area contributed by atoms with Gasteiger partial charge < -0.3 is 20.5 Å². The van der Waals surface area contributed by atoms with E-state index in [0.717, 1.165) is 22.3 Å². The highest BCUT2D eigenvalue weighted by Gasteiger charge is 2.32. The summed E-state index contributed by atoms with van der Waals surface area (Å²) in [5.41, 5.74) is 4.40. The summed E-state index contributed by atoms with van der Waals surface area (Å²) in [6.07, 6.45) is -1.20. The lowest BCUT2D eigenvalue weighted by molar-refractivity contribution is -0.141. The zero-order valence-electron chi connectivity index (χ0n) is 16.8. The van der Waals surface area contributed by atoms with Crippen molar-refractivity contribution in [1.82, 2.24) is 10.6 Å². The number of carbonyl (C=O) groups excluding carboxylic acids is 2. The molecule has 0 unspecified atom stereocenters. The zero-order chi connectivity index (χ0) is 21.8. The van der Waals surface area contributed by atoms with Gasteiger partial charge in [-0.15, -0.1) is 6.58 Å². The van der Waals surface area contributed by atoms with Crippen LogP contribution in [0.25, 0.3) is 11.1 Å². The second-order valence-corrected chi connectivity index (χ2v) is 7.39. The number of carboxylic acid groups (broad SMARTS) is 1. The van der Waals surface area contributed by atoms with E-state index in [4.69, 9.17) is 9.84 Å². The van der Waals surface area contributed by atoms with Gasteiger partial charge in [-0.1, -0.05) is 54.1 Å². The molecule has 156 valence electrons. The first-order chi connectivity index (χ1) is 14.3. The first-order valence-corrected chi connectivity index (χ1v) is 9.61. The number of benzene rings is 2. The van der Waals surface area contributed by atoms with Gasteiger partial charge in [0.05, 0.1) is 0 Å².